The molecule has 30 heavy (non-hydrogen) atoms. The van der Waals surface area contributed by atoms with Crippen LogP contribution in [0.4, 0.5) is 0 Å². The molecule has 0 bridgehead atoms. The Morgan fingerprint density at radius 3 is 2.30 bits per heavy atom. The van der Waals surface area contributed by atoms with Crippen LogP contribution in [0.2, 0.25) is 5.02 Å². The van der Waals surface area contributed by atoms with Crippen molar-refractivity contribution in [1.82, 2.24) is 4.98 Å². The SMILES string of the molecule is Clc1ccc2c(c1)-c1ccccc1C2(c1ccccc1)c1ccc2ccncc2c1. The predicted octanol–water partition coefficient (Wildman–Crippen LogP) is 7.25. The van der Waals surface area contributed by atoms with E-state index in [1.165, 1.54) is 38.8 Å². The van der Waals surface area contributed by atoms with Gasteiger partial charge in [-0.15, -0.1) is 0 Å². The van der Waals surface area contributed by atoms with Crippen molar-refractivity contribution in [2.45, 2.75) is 5.41 Å². The average Bonchev–Trinajstić information content (AvgIpc) is 3.10. The molecule has 0 saturated heterocycles. The van der Waals surface area contributed by atoms with E-state index in [2.05, 4.69) is 96.0 Å². The van der Waals surface area contributed by atoms with E-state index in [1.54, 1.807) is 0 Å². The molecule has 5 aromatic rings. The Labute approximate surface area is 180 Å². The van der Waals surface area contributed by atoms with Crippen molar-refractivity contribution in [2.24, 2.45) is 0 Å². The maximum absolute atomic E-state index is 6.44. The number of benzene rings is 4. The predicted molar refractivity (Wildman–Crippen MR) is 124 cm³/mol. The van der Waals surface area contributed by atoms with E-state index in [4.69, 9.17) is 11.6 Å². The van der Waals surface area contributed by atoms with Gasteiger partial charge in [0.2, 0.25) is 0 Å². The van der Waals surface area contributed by atoms with E-state index in [9.17, 15) is 0 Å². The Balaban J connectivity index is 1.79. The molecular weight excluding hydrogens is 386 g/mol. The van der Waals surface area contributed by atoms with Gasteiger partial charge >= 0.3 is 0 Å². The first-order valence-corrected chi connectivity index (χ1v) is 10.5. The van der Waals surface area contributed by atoms with E-state index in [-0.39, 0.29) is 0 Å². The second-order valence-corrected chi connectivity index (χ2v) is 8.23. The molecule has 0 aliphatic heterocycles. The summed E-state index contributed by atoms with van der Waals surface area (Å²) in [6.45, 7) is 0. The molecule has 1 aliphatic carbocycles. The Morgan fingerprint density at radius 1 is 0.600 bits per heavy atom. The molecule has 1 nitrogen and oxygen atoms in total. The number of fused-ring (bicyclic) bond motifs is 4. The topological polar surface area (TPSA) is 12.9 Å². The second-order valence-electron chi connectivity index (χ2n) is 7.79. The highest BCUT2D eigenvalue weighted by Gasteiger charge is 2.46. The van der Waals surface area contributed by atoms with Crippen LogP contribution in [-0.2, 0) is 5.41 Å². The zero-order chi connectivity index (χ0) is 20.1. The Hall–Kier alpha value is -3.42. The van der Waals surface area contributed by atoms with Crippen LogP contribution in [0, 0.1) is 0 Å². The number of rotatable bonds is 2. The normalized spacial score (nSPS) is 17.0. The van der Waals surface area contributed by atoms with Gasteiger partial charge in [0.25, 0.3) is 0 Å². The van der Waals surface area contributed by atoms with Gasteiger partial charge in [0.05, 0.1) is 5.41 Å². The zero-order valence-corrected chi connectivity index (χ0v) is 17.0. The lowest BCUT2D eigenvalue weighted by molar-refractivity contribution is 0.770. The van der Waals surface area contributed by atoms with Crippen molar-refractivity contribution in [1.29, 1.82) is 0 Å². The first kappa shape index (κ1) is 17.4. The van der Waals surface area contributed by atoms with E-state index < -0.39 is 5.41 Å². The number of pyridine rings is 1. The van der Waals surface area contributed by atoms with E-state index in [0.29, 0.717) is 0 Å². The number of nitrogens with zero attached hydrogens (tertiary/aromatic N) is 1. The second kappa shape index (κ2) is 6.55. The van der Waals surface area contributed by atoms with Crippen LogP contribution in [0.1, 0.15) is 22.3 Å². The maximum atomic E-state index is 6.44. The van der Waals surface area contributed by atoms with E-state index in [0.717, 1.165) is 10.4 Å². The molecule has 0 fully saturated rings. The third kappa shape index (κ3) is 2.33. The summed E-state index contributed by atoms with van der Waals surface area (Å²) >= 11 is 6.44. The largest absolute Gasteiger partial charge is 0.264 e. The standard InChI is InChI=1S/C28H18ClN/c29-23-12-13-27-25(17-23)24-8-4-5-9-26(24)28(27,21-6-2-1-3-7-21)22-11-10-19-14-15-30-18-20(19)16-22/h1-18H. The van der Waals surface area contributed by atoms with Gasteiger partial charge in [-0.25, -0.2) is 0 Å². The number of hydrogen-bond acceptors (Lipinski definition) is 1. The Morgan fingerprint density at radius 2 is 1.40 bits per heavy atom. The van der Waals surface area contributed by atoms with Crippen molar-refractivity contribution in [3.63, 3.8) is 0 Å². The van der Waals surface area contributed by atoms with Gasteiger partial charge in [-0.2, -0.15) is 0 Å². The molecule has 1 aliphatic rings. The molecule has 2 heteroatoms. The molecule has 0 amide bonds. The lowest BCUT2D eigenvalue weighted by Crippen LogP contribution is -2.28. The van der Waals surface area contributed by atoms with Crippen LogP contribution < -0.4 is 0 Å². The third-order valence-corrected chi connectivity index (χ3v) is 6.52. The van der Waals surface area contributed by atoms with Gasteiger partial charge in [0.15, 0.2) is 0 Å². The molecule has 142 valence electrons. The lowest BCUT2D eigenvalue weighted by atomic mass is 9.67. The fourth-order valence-corrected chi connectivity index (χ4v) is 5.22. The Bertz CT molecular complexity index is 1410. The molecule has 6 rings (SSSR count). The van der Waals surface area contributed by atoms with Crippen LogP contribution >= 0.6 is 11.6 Å². The summed E-state index contributed by atoms with van der Waals surface area (Å²) in [5, 5.41) is 3.10. The van der Waals surface area contributed by atoms with Crippen LogP contribution in [0.25, 0.3) is 21.9 Å². The van der Waals surface area contributed by atoms with Crippen molar-refractivity contribution in [3.8, 4) is 11.1 Å². The Kier molecular flexibility index (Phi) is 3.81. The zero-order valence-electron chi connectivity index (χ0n) is 16.2. The van der Waals surface area contributed by atoms with Crippen LogP contribution in [0.15, 0.2) is 109 Å². The van der Waals surface area contributed by atoms with Gasteiger partial charge in [0.1, 0.15) is 0 Å². The molecule has 0 saturated carbocycles. The number of halogens is 1. The molecule has 4 aromatic carbocycles. The molecule has 1 heterocycles. The highest BCUT2D eigenvalue weighted by atomic mass is 35.5. The maximum Gasteiger partial charge on any atom is 0.0713 e. The first-order chi connectivity index (χ1) is 14.8. The molecule has 1 atom stereocenters. The molecular formula is C28H18ClN. The van der Waals surface area contributed by atoms with Gasteiger partial charge in [0, 0.05) is 22.8 Å². The molecule has 0 spiro atoms. The molecule has 1 unspecified atom stereocenters. The van der Waals surface area contributed by atoms with Crippen molar-refractivity contribution in [3.05, 3.63) is 137 Å². The third-order valence-electron chi connectivity index (χ3n) is 6.29. The minimum absolute atomic E-state index is 0.401. The fourth-order valence-electron chi connectivity index (χ4n) is 5.05. The summed E-state index contributed by atoms with van der Waals surface area (Å²) in [5.74, 6) is 0. The van der Waals surface area contributed by atoms with Crippen LogP contribution in [0.5, 0.6) is 0 Å². The van der Waals surface area contributed by atoms with Gasteiger partial charge in [-0.3, -0.25) is 4.98 Å². The minimum Gasteiger partial charge on any atom is -0.264 e. The summed E-state index contributed by atoms with van der Waals surface area (Å²) in [6, 6.07) is 34.6. The van der Waals surface area contributed by atoms with E-state index in [1.807, 2.05) is 18.5 Å². The van der Waals surface area contributed by atoms with Crippen molar-refractivity contribution in [2.75, 3.05) is 0 Å². The molecule has 0 radical (unpaired) electrons. The number of aromatic nitrogens is 1. The fraction of sp³-hybridized carbons (Fsp3) is 0.0357. The summed E-state index contributed by atoms with van der Waals surface area (Å²) < 4.78 is 0. The highest BCUT2D eigenvalue weighted by molar-refractivity contribution is 6.31. The first-order valence-electron chi connectivity index (χ1n) is 10.1. The van der Waals surface area contributed by atoms with Crippen molar-refractivity contribution < 1.29 is 0 Å². The summed E-state index contributed by atoms with van der Waals surface area (Å²) in [7, 11) is 0. The molecule has 0 N–H and O–H groups in total. The van der Waals surface area contributed by atoms with Crippen LogP contribution in [0.3, 0.4) is 0 Å². The smallest absolute Gasteiger partial charge is 0.0713 e. The summed E-state index contributed by atoms with van der Waals surface area (Å²) in [5.41, 5.74) is 7.09. The van der Waals surface area contributed by atoms with Crippen molar-refractivity contribution >= 4 is 22.4 Å². The quantitative estimate of drug-likeness (QED) is 0.296. The summed E-state index contributed by atoms with van der Waals surface area (Å²) in [4.78, 5) is 4.36. The summed E-state index contributed by atoms with van der Waals surface area (Å²) in [6.07, 6.45) is 3.79. The monoisotopic (exact) mass is 403 g/mol. The highest BCUT2D eigenvalue weighted by Crippen LogP contribution is 2.56. The molecule has 1 aromatic heterocycles. The van der Waals surface area contributed by atoms with Gasteiger partial charge in [-0.05, 0) is 63.0 Å². The van der Waals surface area contributed by atoms with Gasteiger partial charge in [-0.1, -0.05) is 84.4 Å². The van der Waals surface area contributed by atoms with Gasteiger partial charge < -0.3 is 0 Å². The average molecular weight is 404 g/mol. The lowest BCUT2D eigenvalue weighted by Gasteiger charge is -2.34. The van der Waals surface area contributed by atoms with Crippen LogP contribution in [-0.4, -0.2) is 4.98 Å². The number of hydrogen-bond donors (Lipinski definition) is 0. The minimum atomic E-state index is -0.401. The van der Waals surface area contributed by atoms with E-state index >= 15 is 0 Å².